The van der Waals surface area contributed by atoms with Gasteiger partial charge in [-0.15, -0.1) is 0 Å². The van der Waals surface area contributed by atoms with Crippen molar-refractivity contribution in [3.8, 4) is 0 Å². The van der Waals surface area contributed by atoms with Gasteiger partial charge in [0.1, 0.15) is 0 Å². The Hall–Kier alpha value is -1.62. The van der Waals surface area contributed by atoms with E-state index in [4.69, 9.17) is 0 Å². The average Bonchev–Trinajstić information content (AvgIpc) is 3.27. The molecule has 0 spiro atoms. The van der Waals surface area contributed by atoms with E-state index in [-0.39, 0.29) is 5.91 Å². The van der Waals surface area contributed by atoms with Crippen molar-refractivity contribution in [2.75, 3.05) is 26.0 Å². The SMILES string of the molecule is CNc1cc(C)ncc1C(=O)NCC(C)N(C)C1CC1. The molecule has 1 unspecified atom stereocenters. The molecule has 1 aromatic rings. The second-order valence-corrected chi connectivity index (χ2v) is 5.58. The topological polar surface area (TPSA) is 57.3 Å². The van der Waals surface area contributed by atoms with Crippen molar-refractivity contribution < 1.29 is 4.79 Å². The molecule has 0 aromatic carbocycles. The first-order chi connectivity index (χ1) is 9.52. The van der Waals surface area contributed by atoms with Gasteiger partial charge in [-0.3, -0.25) is 14.7 Å². The highest BCUT2D eigenvalue weighted by Crippen LogP contribution is 2.26. The van der Waals surface area contributed by atoms with Crippen molar-refractivity contribution in [2.45, 2.75) is 38.8 Å². The number of aromatic nitrogens is 1. The summed E-state index contributed by atoms with van der Waals surface area (Å²) in [6.45, 7) is 4.71. The quantitative estimate of drug-likeness (QED) is 0.829. The van der Waals surface area contributed by atoms with Crippen molar-refractivity contribution >= 4 is 11.6 Å². The molecule has 20 heavy (non-hydrogen) atoms. The van der Waals surface area contributed by atoms with Crippen LogP contribution in [0.1, 0.15) is 35.8 Å². The second-order valence-electron chi connectivity index (χ2n) is 5.58. The number of carbonyl (C=O) groups is 1. The van der Waals surface area contributed by atoms with Gasteiger partial charge in [-0.25, -0.2) is 0 Å². The first kappa shape index (κ1) is 14.8. The van der Waals surface area contributed by atoms with Crippen LogP contribution in [0.2, 0.25) is 0 Å². The lowest BCUT2D eigenvalue weighted by Gasteiger charge is -2.24. The van der Waals surface area contributed by atoms with E-state index in [0.29, 0.717) is 24.2 Å². The lowest BCUT2D eigenvalue weighted by atomic mass is 10.2. The predicted molar refractivity (Wildman–Crippen MR) is 81.1 cm³/mol. The van der Waals surface area contributed by atoms with Crippen molar-refractivity contribution in [2.24, 2.45) is 0 Å². The number of rotatable bonds is 6. The summed E-state index contributed by atoms with van der Waals surface area (Å²) in [5, 5.41) is 6.04. The van der Waals surface area contributed by atoms with Crippen LogP contribution in [0.5, 0.6) is 0 Å². The van der Waals surface area contributed by atoms with E-state index < -0.39 is 0 Å². The van der Waals surface area contributed by atoms with Crippen LogP contribution in [0.15, 0.2) is 12.3 Å². The molecule has 1 atom stereocenters. The fourth-order valence-electron chi connectivity index (χ4n) is 2.27. The molecule has 1 aliphatic carbocycles. The first-order valence-corrected chi connectivity index (χ1v) is 7.17. The van der Waals surface area contributed by atoms with E-state index in [1.807, 2.05) is 20.0 Å². The smallest absolute Gasteiger partial charge is 0.255 e. The molecule has 0 radical (unpaired) electrons. The summed E-state index contributed by atoms with van der Waals surface area (Å²) in [7, 11) is 3.94. The Bertz CT molecular complexity index is 485. The number of nitrogens with zero attached hydrogens (tertiary/aromatic N) is 2. The normalized spacial score (nSPS) is 16.1. The number of nitrogens with one attached hydrogen (secondary N) is 2. The van der Waals surface area contributed by atoms with Gasteiger partial charge in [-0.2, -0.15) is 0 Å². The Morgan fingerprint density at radius 1 is 1.55 bits per heavy atom. The number of anilines is 1. The summed E-state index contributed by atoms with van der Waals surface area (Å²) in [5.74, 6) is -0.0714. The molecule has 0 saturated heterocycles. The molecule has 110 valence electrons. The number of hydrogen-bond acceptors (Lipinski definition) is 4. The minimum absolute atomic E-state index is 0.0714. The number of carbonyl (C=O) groups excluding carboxylic acids is 1. The molecule has 2 rings (SSSR count). The van der Waals surface area contributed by atoms with Gasteiger partial charge < -0.3 is 10.6 Å². The van der Waals surface area contributed by atoms with E-state index in [2.05, 4.69) is 34.5 Å². The summed E-state index contributed by atoms with van der Waals surface area (Å²) >= 11 is 0. The molecular formula is C15H24N4O. The van der Waals surface area contributed by atoms with E-state index in [1.165, 1.54) is 12.8 Å². The zero-order valence-corrected chi connectivity index (χ0v) is 12.7. The Morgan fingerprint density at radius 3 is 2.85 bits per heavy atom. The number of hydrogen-bond donors (Lipinski definition) is 2. The number of aryl methyl sites for hydroxylation is 1. The molecule has 1 heterocycles. The summed E-state index contributed by atoms with van der Waals surface area (Å²) in [4.78, 5) is 18.8. The zero-order chi connectivity index (χ0) is 14.7. The van der Waals surface area contributed by atoms with Gasteiger partial charge in [0.15, 0.2) is 0 Å². The van der Waals surface area contributed by atoms with E-state index in [9.17, 15) is 4.79 Å². The van der Waals surface area contributed by atoms with Crippen LogP contribution in [-0.4, -0.2) is 48.5 Å². The molecule has 0 bridgehead atoms. The van der Waals surface area contributed by atoms with E-state index >= 15 is 0 Å². The third kappa shape index (κ3) is 3.48. The molecule has 5 nitrogen and oxygen atoms in total. The second kappa shape index (κ2) is 6.22. The maximum absolute atomic E-state index is 12.2. The van der Waals surface area contributed by atoms with Crippen LogP contribution < -0.4 is 10.6 Å². The summed E-state index contributed by atoms with van der Waals surface area (Å²) in [5.41, 5.74) is 2.31. The molecule has 2 N–H and O–H groups in total. The first-order valence-electron chi connectivity index (χ1n) is 7.17. The van der Waals surface area contributed by atoms with Gasteiger partial charge >= 0.3 is 0 Å². The molecule has 5 heteroatoms. The Kier molecular flexibility index (Phi) is 4.60. The van der Waals surface area contributed by atoms with Crippen molar-refractivity contribution in [1.82, 2.24) is 15.2 Å². The van der Waals surface area contributed by atoms with Crippen LogP contribution in [0.4, 0.5) is 5.69 Å². The third-order valence-electron chi connectivity index (χ3n) is 3.93. The minimum atomic E-state index is -0.0714. The van der Waals surface area contributed by atoms with Gasteiger partial charge in [-0.05, 0) is 39.8 Å². The standard InChI is InChI=1S/C15H24N4O/c1-10-7-14(16-3)13(9-17-10)15(20)18-8-11(2)19(4)12-5-6-12/h7,9,11-12H,5-6,8H2,1-4H3,(H,16,17)(H,18,20). The lowest BCUT2D eigenvalue weighted by Crippen LogP contribution is -2.41. The van der Waals surface area contributed by atoms with E-state index in [0.717, 1.165) is 11.4 Å². The molecule has 1 fully saturated rings. The lowest BCUT2D eigenvalue weighted by molar-refractivity contribution is 0.0940. The Balaban J connectivity index is 1.94. The maximum atomic E-state index is 12.2. The predicted octanol–water partition coefficient (Wildman–Crippen LogP) is 1.64. The van der Waals surface area contributed by atoms with E-state index in [1.54, 1.807) is 6.20 Å². The largest absolute Gasteiger partial charge is 0.387 e. The molecule has 0 aliphatic heterocycles. The van der Waals surface area contributed by atoms with Crippen LogP contribution in [-0.2, 0) is 0 Å². The summed E-state index contributed by atoms with van der Waals surface area (Å²) < 4.78 is 0. The maximum Gasteiger partial charge on any atom is 0.255 e. The monoisotopic (exact) mass is 276 g/mol. The van der Waals surface area contributed by atoms with Crippen molar-refractivity contribution in [1.29, 1.82) is 0 Å². The number of pyridine rings is 1. The van der Waals surface area contributed by atoms with Crippen LogP contribution in [0.25, 0.3) is 0 Å². The molecule has 1 aliphatic rings. The van der Waals surface area contributed by atoms with Crippen molar-refractivity contribution in [3.05, 3.63) is 23.5 Å². The fraction of sp³-hybridized carbons (Fsp3) is 0.600. The molecular weight excluding hydrogens is 252 g/mol. The average molecular weight is 276 g/mol. The fourth-order valence-corrected chi connectivity index (χ4v) is 2.27. The van der Waals surface area contributed by atoms with Gasteiger partial charge in [0.25, 0.3) is 5.91 Å². The zero-order valence-electron chi connectivity index (χ0n) is 12.7. The third-order valence-corrected chi connectivity index (χ3v) is 3.93. The number of amides is 1. The molecule has 1 amide bonds. The van der Waals surface area contributed by atoms with Gasteiger partial charge in [0.2, 0.25) is 0 Å². The van der Waals surface area contributed by atoms with Crippen LogP contribution in [0.3, 0.4) is 0 Å². The van der Waals surface area contributed by atoms with Gasteiger partial charge in [0, 0.05) is 37.6 Å². The highest BCUT2D eigenvalue weighted by Gasteiger charge is 2.29. The number of likely N-dealkylation sites (N-methyl/N-ethyl adjacent to an activating group) is 1. The summed E-state index contributed by atoms with van der Waals surface area (Å²) in [6, 6.07) is 2.94. The highest BCUT2D eigenvalue weighted by atomic mass is 16.1. The van der Waals surface area contributed by atoms with Crippen LogP contribution >= 0.6 is 0 Å². The van der Waals surface area contributed by atoms with Crippen molar-refractivity contribution in [3.63, 3.8) is 0 Å². The van der Waals surface area contributed by atoms with Gasteiger partial charge in [-0.1, -0.05) is 0 Å². The minimum Gasteiger partial charge on any atom is -0.387 e. The molecule has 1 saturated carbocycles. The highest BCUT2D eigenvalue weighted by molar-refractivity contribution is 5.99. The Labute approximate surface area is 120 Å². The van der Waals surface area contributed by atoms with Crippen LogP contribution in [0, 0.1) is 6.92 Å². The van der Waals surface area contributed by atoms with Gasteiger partial charge in [0.05, 0.1) is 11.3 Å². The molecule has 1 aromatic heterocycles. The summed E-state index contributed by atoms with van der Waals surface area (Å²) in [6.07, 6.45) is 4.19. The Morgan fingerprint density at radius 2 is 2.25 bits per heavy atom.